The monoisotopic (exact) mass is 160 g/mol. The fraction of sp³-hybridized carbons (Fsp3) is 0.833. The average molecular weight is 160 g/mol. The van der Waals surface area contributed by atoms with Gasteiger partial charge in [0.15, 0.2) is 0 Å². The minimum absolute atomic E-state index is 0.153. The molecule has 5 heteroatoms. The first-order valence-electron chi connectivity index (χ1n) is 3.58. The van der Waals surface area contributed by atoms with Gasteiger partial charge in [0.25, 0.3) is 0 Å². The molecule has 0 atom stereocenters. The van der Waals surface area contributed by atoms with Crippen LogP contribution < -0.4 is 11.2 Å². The van der Waals surface area contributed by atoms with Gasteiger partial charge < -0.3 is 14.9 Å². The Morgan fingerprint density at radius 2 is 2.18 bits per heavy atom. The Morgan fingerprint density at radius 1 is 1.55 bits per heavy atom. The minimum atomic E-state index is -0.572. The number of carbonyl (C=O) groups is 1. The third-order valence-electron chi connectivity index (χ3n) is 1.65. The van der Waals surface area contributed by atoms with E-state index in [0.717, 1.165) is 12.8 Å². The van der Waals surface area contributed by atoms with E-state index >= 15 is 0 Å². The number of amides is 1. The van der Waals surface area contributed by atoms with Gasteiger partial charge in [0.1, 0.15) is 0 Å². The number of hydrogen-bond acceptors (Lipinski definition) is 4. The molecule has 5 nitrogen and oxygen atoms in total. The van der Waals surface area contributed by atoms with Crippen molar-refractivity contribution in [2.75, 3.05) is 13.2 Å². The van der Waals surface area contributed by atoms with E-state index in [4.69, 9.17) is 4.74 Å². The molecule has 11 heavy (non-hydrogen) atoms. The maximum Gasteiger partial charge on any atom is 0.426 e. The molecule has 0 aromatic rings. The van der Waals surface area contributed by atoms with Gasteiger partial charge in [-0.05, 0) is 12.8 Å². The molecule has 0 spiro atoms. The van der Waals surface area contributed by atoms with Crippen LogP contribution in [0.1, 0.15) is 12.8 Å². The molecular formula is C6H12N2O3. The molecule has 1 aliphatic heterocycles. The molecule has 1 fully saturated rings. The zero-order valence-corrected chi connectivity index (χ0v) is 6.21. The second kappa shape index (κ2) is 4.15. The minimum Gasteiger partial charge on any atom is -0.381 e. The lowest BCUT2D eigenvalue weighted by molar-refractivity contribution is 0.0734. The molecule has 0 radical (unpaired) electrons. The Bertz CT molecular complexity index is 134. The summed E-state index contributed by atoms with van der Waals surface area (Å²) in [6, 6.07) is 0.153. The summed E-state index contributed by atoms with van der Waals surface area (Å²) in [4.78, 5) is 14.5. The van der Waals surface area contributed by atoms with Crippen LogP contribution in [-0.4, -0.2) is 25.3 Å². The summed E-state index contributed by atoms with van der Waals surface area (Å²) in [5.74, 6) is 4.65. The smallest absolute Gasteiger partial charge is 0.381 e. The topological polar surface area (TPSA) is 73.6 Å². The molecule has 0 aromatic heterocycles. The van der Waals surface area contributed by atoms with Crippen molar-refractivity contribution in [2.24, 2.45) is 5.90 Å². The van der Waals surface area contributed by atoms with Crippen molar-refractivity contribution in [1.82, 2.24) is 5.32 Å². The first-order valence-corrected chi connectivity index (χ1v) is 3.58. The Morgan fingerprint density at radius 3 is 2.73 bits per heavy atom. The number of nitrogens with one attached hydrogen (secondary N) is 1. The molecule has 1 heterocycles. The lowest BCUT2D eigenvalue weighted by Crippen LogP contribution is -2.40. The molecular weight excluding hydrogens is 148 g/mol. The largest absolute Gasteiger partial charge is 0.426 e. The molecule has 1 aliphatic rings. The molecule has 1 saturated heterocycles. The zero-order valence-electron chi connectivity index (χ0n) is 6.21. The van der Waals surface area contributed by atoms with E-state index in [1.165, 1.54) is 0 Å². The summed E-state index contributed by atoms with van der Waals surface area (Å²) >= 11 is 0. The molecule has 1 amide bonds. The van der Waals surface area contributed by atoms with Crippen LogP contribution in [0.2, 0.25) is 0 Å². The van der Waals surface area contributed by atoms with E-state index in [1.807, 2.05) is 0 Å². The molecule has 0 aliphatic carbocycles. The second-order valence-electron chi connectivity index (χ2n) is 2.44. The van der Waals surface area contributed by atoms with Crippen molar-refractivity contribution in [1.29, 1.82) is 0 Å². The van der Waals surface area contributed by atoms with Crippen LogP contribution >= 0.6 is 0 Å². The van der Waals surface area contributed by atoms with E-state index in [9.17, 15) is 4.79 Å². The Kier molecular flexibility index (Phi) is 3.13. The lowest BCUT2D eigenvalue weighted by atomic mass is 10.1. The van der Waals surface area contributed by atoms with Gasteiger partial charge in [-0.25, -0.2) is 4.79 Å². The lowest BCUT2D eigenvalue weighted by Gasteiger charge is -2.21. The highest BCUT2D eigenvalue weighted by molar-refractivity contribution is 5.67. The second-order valence-corrected chi connectivity index (χ2v) is 2.44. The van der Waals surface area contributed by atoms with Crippen molar-refractivity contribution in [3.63, 3.8) is 0 Å². The number of hydrogen-bond donors (Lipinski definition) is 2. The predicted octanol–water partition coefficient (Wildman–Crippen LogP) is -0.235. The Labute approximate surface area is 64.8 Å². The van der Waals surface area contributed by atoms with Crippen LogP contribution in [0.5, 0.6) is 0 Å². The normalized spacial score (nSPS) is 19.4. The van der Waals surface area contributed by atoms with E-state index in [-0.39, 0.29) is 6.04 Å². The van der Waals surface area contributed by atoms with Crippen molar-refractivity contribution >= 4 is 6.09 Å². The zero-order chi connectivity index (χ0) is 8.10. The van der Waals surface area contributed by atoms with Gasteiger partial charge in [-0.2, -0.15) is 5.90 Å². The summed E-state index contributed by atoms with van der Waals surface area (Å²) in [5.41, 5.74) is 0. The number of nitrogens with two attached hydrogens (primary N) is 1. The maximum atomic E-state index is 10.6. The summed E-state index contributed by atoms with van der Waals surface area (Å²) in [6.07, 6.45) is 1.08. The van der Waals surface area contributed by atoms with Crippen LogP contribution in [0.3, 0.4) is 0 Å². The third-order valence-corrected chi connectivity index (χ3v) is 1.65. The molecule has 0 unspecified atom stereocenters. The van der Waals surface area contributed by atoms with Crippen molar-refractivity contribution in [2.45, 2.75) is 18.9 Å². The summed E-state index contributed by atoms with van der Waals surface area (Å²) < 4.78 is 5.09. The average Bonchev–Trinajstić information content (AvgIpc) is 2.06. The Hall–Kier alpha value is -0.810. The summed E-state index contributed by atoms with van der Waals surface area (Å²) in [6.45, 7) is 1.38. The molecule has 1 rings (SSSR count). The van der Waals surface area contributed by atoms with Crippen molar-refractivity contribution in [3.05, 3.63) is 0 Å². The summed E-state index contributed by atoms with van der Waals surface area (Å²) in [7, 11) is 0. The molecule has 64 valence electrons. The number of carbonyl (C=O) groups excluding carboxylic acids is 1. The van der Waals surface area contributed by atoms with Crippen LogP contribution in [0, 0.1) is 0 Å². The fourth-order valence-corrected chi connectivity index (χ4v) is 1.04. The highest BCUT2D eigenvalue weighted by Gasteiger charge is 2.15. The maximum absolute atomic E-state index is 10.6. The van der Waals surface area contributed by atoms with E-state index in [1.54, 1.807) is 0 Å². The Balaban J connectivity index is 2.19. The molecule has 0 aromatic carbocycles. The van der Waals surface area contributed by atoms with Crippen molar-refractivity contribution < 1.29 is 14.4 Å². The van der Waals surface area contributed by atoms with Gasteiger partial charge >= 0.3 is 6.09 Å². The first kappa shape index (κ1) is 8.29. The van der Waals surface area contributed by atoms with Crippen LogP contribution in [0.25, 0.3) is 0 Å². The molecule has 0 saturated carbocycles. The predicted molar refractivity (Wildman–Crippen MR) is 37.6 cm³/mol. The van der Waals surface area contributed by atoms with Crippen LogP contribution in [0.4, 0.5) is 4.79 Å². The van der Waals surface area contributed by atoms with Gasteiger partial charge in [0.2, 0.25) is 0 Å². The third kappa shape index (κ3) is 2.73. The number of rotatable bonds is 1. The van der Waals surface area contributed by atoms with E-state index in [2.05, 4.69) is 16.1 Å². The van der Waals surface area contributed by atoms with Crippen LogP contribution in [0.15, 0.2) is 0 Å². The van der Waals surface area contributed by atoms with Gasteiger partial charge in [0, 0.05) is 19.3 Å². The van der Waals surface area contributed by atoms with Crippen LogP contribution in [-0.2, 0) is 9.57 Å². The van der Waals surface area contributed by atoms with Gasteiger partial charge in [-0.1, -0.05) is 0 Å². The van der Waals surface area contributed by atoms with Gasteiger partial charge in [-0.3, -0.25) is 0 Å². The highest BCUT2D eigenvalue weighted by atomic mass is 16.7. The molecule has 3 N–H and O–H groups in total. The quantitative estimate of drug-likeness (QED) is 0.519. The van der Waals surface area contributed by atoms with Gasteiger partial charge in [-0.15, -0.1) is 0 Å². The highest BCUT2D eigenvalue weighted by Crippen LogP contribution is 2.05. The van der Waals surface area contributed by atoms with E-state index < -0.39 is 6.09 Å². The fourth-order valence-electron chi connectivity index (χ4n) is 1.04. The van der Waals surface area contributed by atoms with Gasteiger partial charge in [0.05, 0.1) is 0 Å². The first-order chi connectivity index (χ1) is 5.33. The van der Waals surface area contributed by atoms with Crippen molar-refractivity contribution in [3.8, 4) is 0 Å². The SMILES string of the molecule is NOC(=O)NC1CCOCC1. The number of ether oxygens (including phenoxy) is 1. The summed E-state index contributed by atoms with van der Waals surface area (Å²) in [5, 5.41) is 2.60. The van der Waals surface area contributed by atoms with E-state index in [0.29, 0.717) is 13.2 Å². The molecule has 0 bridgehead atoms. The standard InChI is InChI=1S/C6H12N2O3/c7-11-6(9)8-5-1-3-10-4-2-5/h5H,1-4,7H2,(H,8,9).